The van der Waals surface area contributed by atoms with Crippen LogP contribution in [-0.4, -0.2) is 45.8 Å². The summed E-state index contributed by atoms with van der Waals surface area (Å²) in [4.78, 5) is 7.19. The molecule has 1 aromatic heterocycles. The predicted molar refractivity (Wildman–Crippen MR) is 119 cm³/mol. The highest BCUT2D eigenvalue weighted by Crippen LogP contribution is 2.16. The number of sulfonamides is 1. The average Bonchev–Trinajstić information content (AvgIpc) is 2.91. The Bertz CT molecular complexity index is 617. The molecule has 0 fully saturated rings. The molecule has 0 saturated carbocycles. The van der Waals surface area contributed by atoms with Gasteiger partial charge in [0.05, 0.1) is 5.75 Å². The van der Waals surface area contributed by atoms with Gasteiger partial charge in [-0.25, -0.2) is 13.1 Å². The van der Waals surface area contributed by atoms with E-state index >= 15 is 0 Å². The van der Waals surface area contributed by atoms with Crippen molar-refractivity contribution in [3.8, 4) is 0 Å². The van der Waals surface area contributed by atoms with Crippen molar-refractivity contribution in [3.63, 3.8) is 0 Å². The van der Waals surface area contributed by atoms with Crippen LogP contribution in [0.1, 0.15) is 36.9 Å². The Hall–Kier alpha value is -0.390. The first-order chi connectivity index (χ1) is 11.4. The van der Waals surface area contributed by atoms with E-state index in [1.54, 1.807) is 6.92 Å². The second-order valence-electron chi connectivity index (χ2n) is 5.67. The number of hydrogen-bond donors (Lipinski definition) is 3. The molecule has 25 heavy (non-hydrogen) atoms. The first-order valence-electron chi connectivity index (χ1n) is 8.43. The van der Waals surface area contributed by atoms with Crippen LogP contribution in [0.5, 0.6) is 0 Å². The molecule has 1 rings (SSSR count). The molecule has 3 N–H and O–H groups in total. The minimum Gasteiger partial charge on any atom is -0.357 e. The number of hydrogen-bond acceptors (Lipinski definition) is 4. The van der Waals surface area contributed by atoms with Crippen molar-refractivity contribution in [3.05, 3.63) is 21.9 Å². The molecule has 0 radical (unpaired) electrons. The van der Waals surface area contributed by atoms with Crippen molar-refractivity contribution in [2.24, 2.45) is 4.99 Å². The molecule has 0 aliphatic carbocycles. The predicted octanol–water partition coefficient (Wildman–Crippen LogP) is 2.49. The summed E-state index contributed by atoms with van der Waals surface area (Å²) in [5.74, 6) is 0.886. The number of aliphatic imine (C=N–C) groups is 1. The van der Waals surface area contributed by atoms with Crippen LogP contribution in [0.3, 0.4) is 0 Å². The molecule has 0 aliphatic rings. The third-order valence-corrected chi connectivity index (χ3v) is 5.76. The van der Waals surface area contributed by atoms with E-state index in [2.05, 4.69) is 46.3 Å². The highest BCUT2D eigenvalue weighted by atomic mass is 127. The number of thiophene rings is 1. The number of aryl methyl sites for hydroxylation is 1. The van der Waals surface area contributed by atoms with E-state index in [1.165, 1.54) is 9.75 Å². The molecule has 0 aliphatic heterocycles. The van der Waals surface area contributed by atoms with E-state index in [-0.39, 0.29) is 35.8 Å². The van der Waals surface area contributed by atoms with Crippen molar-refractivity contribution >= 4 is 51.3 Å². The summed E-state index contributed by atoms with van der Waals surface area (Å²) < 4.78 is 25.3. The fraction of sp³-hybridized carbons (Fsp3) is 0.688. The normalized spacial score (nSPS) is 13.2. The van der Waals surface area contributed by atoms with Crippen LogP contribution in [0.15, 0.2) is 17.1 Å². The minimum absolute atomic E-state index is 0. The summed E-state index contributed by atoms with van der Waals surface area (Å²) >= 11 is 1.82. The Morgan fingerprint density at radius 3 is 2.60 bits per heavy atom. The number of halogens is 1. The average molecular weight is 502 g/mol. The molecule has 1 heterocycles. The van der Waals surface area contributed by atoms with Crippen LogP contribution >= 0.6 is 35.3 Å². The van der Waals surface area contributed by atoms with E-state index in [1.807, 2.05) is 18.3 Å². The van der Waals surface area contributed by atoms with Gasteiger partial charge in [0.2, 0.25) is 10.0 Å². The van der Waals surface area contributed by atoms with E-state index in [9.17, 15) is 8.42 Å². The number of rotatable bonds is 10. The Balaban J connectivity index is 0.00000576. The molecular weight excluding hydrogens is 471 g/mol. The molecular formula is C16H31IN4O2S2. The van der Waals surface area contributed by atoms with Gasteiger partial charge in [-0.15, -0.1) is 35.3 Å². The Kier molecular flexibility index (Phi) is 12.7. The van der Waals surface area contributed by atoms with Crippen LogP contribution in [0.25, 0.3) is 0 Å². The van der Waals surface area contributed by atoms with Crippen LogP contribution in [-0.2, 0) is 16.4 Å². The van der Waals surface area contributed by atoms with Gasteiger partial charge >= 0.3 is 0 Å². The Labute approximate surface area is 173 Å². The van der Waals surface area contributed by atoms with E-state index in [0.717, 1.165) is 18.9 Å². The quantitative estimate of drug-likeness (QED) is 0.199. The highest BCUT2D eigenvalue weighted by molar-refractivity contribution is 14.0. The lowest BCUT2D eigenvalue weighted by molar-refractivity contribution is 0.580. The van der Waals surface area contributed by atoms with E-state index < -0.39 is 10.0 Å². The minimum atomic E-state index is -3.11. The molecule has 0 bridgehead atoms. The summed E-state index contributed by atoms with van der Waals surface area (Å²) in [5, 5.41) is 6.63. The number of guanidine groups is 1. The zero-order chi connectivity index (χ0) is 18.0. The number of nitrogens with one attached hydrogen (secondary N) is 3. The maximum absolute atomic E-state index is 11.3. The lowest BCUT2D eigenvalue weighted by Gasteiger charge is -2.17. The van der Waals surface area contributed by atoms with Crippen LogP contribution in [0.4, 0.5) is 0 Å². The van der Waals surface area contributed by atoms with Gasteiger partial charge in [-0.3, -0.25) is 4.99 Å². The molecule has 146 valence electrons. The SMILES string of the molecule is CCNC(=NCCCNS(=O)(=O)CC)NC(C)Cc1ccc(C)s1.I. The molecule has 9 heteroatoms. The highest BCUT2D eigenvalue weighted by Gasteiger charge is 2.08. The fourth-order valence-electron chi connectivity index (χ4n) is 2.10. The molecule has 1 aromatic rings. The summed E-state index contributed by atoms with van der Waals surface area (Å²) in [6, 6.07) is 4.59. The largest absolute Gasteiger partial charge is 0.357 e. The standard InChI is InChI=1S/C16H30N4O2S2.HI/c1-5-17-16(18-10-7-11-19-24(21,22)6-2)20-13(3)12-15-9-8-14(4)23-15;/h8-9,13,19H,5-7,10-12H2,1-4H3,(H2,17,18,20);1H. The molecule has 6 nitrogen and oxygen atoms in total. The summed E-state index contributed by atoms with van der Waals surface area (Å²) in [6.45, 7) is 9.69. The van der Waals surface area contributed by atoms with Crippen molar-refractivity contribution in [2.75, 3.05) is 25.4 Å². The third kappa shape index (κ3) is 11.0. The lowest BCUT2D eigenvalue weighted by Crippen LogP contribution is -2.43. The van der Waals surface area contributed by atoms with Crippen molar-refractivity contribution in [1.82, 2.24) is 15.4 Å². The maximum atomic E-state index is 11.3. The summed E-state index contributed by atoms with van der Waals surface area (Å²) in [5.41, 5.74) is 0. The Morgan fingerprint density at radius 1 is 1.32 bits per heavy atom. The molecule has 0 amide bonds. The topological polar surface area (TPSA) is 82.6 Å². The van der Waals surface area contributed by atoms with Gasteiger partial charge in [0.15, 0.2) is 5.96 Å². The molecule has 0 saturated heterocycles. The van der Waals surface area contributed by atoms with Crippen LogP contribution in [0, 0.1) is 6.92 Å². The van der Waals surface area contributed by atoms with Gasteiger partial charge in [-0.05, 0) is 46.2 Å². The van der Waals surface area contributed by atoms with Gasteiger partial charge in [-0.1, -0.05) is 0 Å². The van der Waals surface area contributed by atoms with Crippen LogP contribution < -0.4 is 15.4 Å². The second kappa shape index (κ2) is 12.9. The van der Waals surface area contributed by atoms with Gasteiger partial charge < -0.3 is 10.6 Å². The number of nitrogens with zero attached hydrogens (tertiary/aromatic N) is 1. The fourth-order valence-corrected chi connectivity index (χ4v) is 3.78. The van der Waals surface area contributed by atoms with Gasteiger partial charge in [0.25, 0.3) is 0 Å². The molecule has 0 aromatic carbocycles. The van der Waals surface area contributed by atoms with Gasteiger partial charge in [-0.2, -0.15) is 0 Å². The van der Waals surface area contributed by atoms with Crippen molar-refractivity contribution in [1.29, 1.82) is 0 Å². The lowest BCUT2D eigenvalue weighted by atomic mass is 10.2. The zero-order valence-corrected chi connectivity index (χ0v) is 19.4. The van der Waals surface area contributed by atoms with E-state index in [4.69, 9.17) is 0 Å². The van der Waals surface area contributed by atoms with Crippen molar-refractivity contribution in [2.45, 2.75) is 46.6 Å². The third-order valence-electron chi connectivity index (χ3n) is 3.34. The van der Waals surface area contributed by atoms with Gasteiger partial charge in [0.1, 0.15) is 0 Å². The smallest absolute Gasteiger partial charge is 0.211 e. The zero-order valence-electron chi connectivity index (χ0n) is 15.5. The van der Waals surface area contributed by atoms with Gasteiger partial charge in [0, 0.05) is 41.9 Å². The van der Waals surface area contributed by atoms with Crippen molar-refractivity contribution < 1.29 is 8.42 Å². The molecule has 1 atom stereocenters. The first-order valence-corrected chi connectivity index (χ1v) is 10.9. The first kappa shape index (κ1) is 24.6. The molecule has 0 spiro atoms. The second-order valence-corrected chi connectivity index (χ2v) is 9.14. The Morgan fingerprint density at radius 2 is 2.04 bits per heavy atom. The summed E-state index contributed by atoms with van der Waals surface area (Å²) in [6.07, 6.45) is 1.63. The molecule has 1 unspecified atom stereocenters. The monoisotopic (exact) mass is 502 g/mol. The maximum Gasteiger partial charge on any atom is 0.211 e. The van der Waals surface area contributed by atoms with E-state index in [0.29, 0.717) is 19.5 Å². The summed E-state index contributed by atoms with van der Waals surface area (Å²) in [7, 11) is -3.11. The van der Waals surface area contributed by atoms with Crippen LogP contribution in [0.2, 0.25) is 0 Å².